The van der Waals surface area contributed by atoms with E-state index in [0.717, 1.165) is 48.3 Å². The Morgan fingerprint density at radius 1 is 1.00 bits per heavy atom. The van der Waals surface area contributed by atoms with Gasteiger partial charge in [-0.25, -0.2) is 0 Å². The third-order valence-corrected chi connectivity index (χ3v) is 8.28. The number of carbonyl (C=O) groups excluding carboxylic acids is 1. The molecule has 5 rings (SSSR count). The Hall–Kier alpha value is -2.67. The van der Waals surface area contributed by atoms with E-state index < -0.39 is 0 Å². The number of H-pyrrole nitrogens is 1. The van der Waals surface area contributed by atoms with Gasteiger partial charge in [-0.1, -0.05) is 19.1 Å². The van der Waals surface area contributed by atoms with Gasteiger partial charge in [-0.3, -0.25) is 14.6 Å². The number of Topliss-reactive ketones (excluding diaryl/α,β-unsaturated/α-hetero) is 1. The zero-order valence-electron chi connectivity index (χ0n) is 22.8. The molecule has 6 nitrogen and oxygen atoms in total. The second kappa shape index (κ2) is 11.8. The normalized spacial score (nSPS) is 18.2. The maximum absolute atomic E-state index is 12.1. The largest absolute Gasteiger partial charge is 0.371 e. The van der Waals surface area contributed by atoms with Crippen LogP contribution in [0.2, 0.25) is 0 Å². The molecule has 2 N–H and O–H groups in total. The van der Waals surface area contributed by atoms with Crippen LogP contribution in [-0.2, 0) is 0 Å². The highest BCUT2D eigenvalue weighted by Crippen LogP contribution is 2.29. The first-order valence-corrected chi connectivity index (χ1v) is 14.2. The minimum atomic E-state index is 0.189. The van der Waals surface area contributed by atoms with E-state index in [1.165, 1.54) is 50.3 Å². The molecule has 0 spiro atoms. The van der Waals surface area contributed by atoms with Gasteiger partial charge in [0.25, 0.3) is 0 Å². The van der Waals surface area contributed by atoms with Crippen LogP contribution in [0.5, 0.6) is 0 Å². The first-order chi connectivity index (χ1) is 18.0. The van der Waals surface area contributed by atoms with Crippen LogP contribution in [0.25, 0.3) is 22.2 Å². The van der Waals surface area contributed by atoms with Crippen molar-refractivity contribution in [3.8, 4) is 11.3 Å². The summed E-state index contributed by atoms with van der Waals surface area (Å²) < 4.78 is 0. The zero-order valence-corrected chi connectivity index (χ0v) is 22.8. The number of nitrogens with one attached hydrogen (secondary N) is 2. The highest BCUT2D eigenvalue weighted by molar-refractivity contribution is 6.00. The number of hydrogen-bond donors (Lipinski definition) is 2. The summed E-state index contributed by atoms with van der Waals surface area (Å²) in [7, 11) is 0. The van der Waals surface area contributed by atoms with Crippen molar-refractivity contribution < 1.29 is 4.79 Å². The molecule has 2 aliphatic rings. The number of ketones is 1. The summed E-state index contributed by atoms with van der Waals surface area (Å²) in [5.41, 5.74) is 5.44. The standard InChI is InChI=1S/C31H43N5O/c1-4-31(37)25-8-9-29-26(20-25)22-30(33-29)24-6-5-7-28(21-24)36-13-10-27(11-14-36)32-12-15-34-16-18-35(19-17-34)23(2)3/h5-9,20-23,27,32-33H,4,10-19H2,1-3H3. The quantitative estimate of drug-likeness (QED) is 0.404. The fraction of sp³-hybridized carbons (Fsp3) is 0.516. The predicted octanol–water partition coefficient (Wildman–Crippen LogP) is 5.01. The van der Waals surface area contributed by atoms with Crippen molar-refractivity contribution in [2.24, 2.45) is 0 Å². The lowest BCUT2D eigenvalue weighted by molar-refractivity contribution is 0.0988. The molecule has 2 aromatic carbocycles. The summed E-state index contributed by atoms with van der Waals surface area (Å²) in [6.07, 6.45) is 2.91. The Labute approximate surface area is 222 Å². The number of nitrogens with zero attached hydrogens (tertiary/aromatic N) is 3. The molecule has 0 bridgehead atoms. The number of hydrogen-bond acceptors (Lipinski definition) is 5. The summed E-state index contributed by atoms with van der Waals surface area (Å²) in [6, 6.07) is 18.3. The zero-order chi connectivity index (χ0) is 25.8. The van der Waals surface area contributed by atoms with Gasteiger partial charge in [-0.05, 0) is 68.7 Å². The molecular formula is C31H43N5O. The third kappa shape index (κ3) is 6.25. The third-order valence-electron chi connectivity index (χ3n) is 8.28. The number of piperazine rings is 1. The molecule has 2 aliphatic heterocycles. The molecule has 0 unspecified atom stereocenters. The van der Waals surface area contributed by atoms with E-state index in [9.17, 15) is 4.79 Å². The van der Waals surface area contributed by atoms with Crippen LogP contribution >= 0.6 is 0 Å². The number of carbonyl (C=O) groups is 1. The number of aromatic amines is 1. The number of fused-ring (bicyclic) bond motifs is 1. The van der Waals surface area contributed by atoms with Gasteiger partial charge in [0.15, 0.2) is 5.78 Å². The van der Waals surface area contributed by atoms with Crippen molar-refractivity contribution in [2.75, 3.05) is 57.3 Å². The molecule has 198 valence electrons. The Bertz CT molecular complexity index is 1190. The molecule has 6 heteroatoms. The highest BCUT2D eigenvalue weighted by Gasteiger charge is 2.21. The van der Waals surface area contributed by atoms with Crippen LogP contribution < -0.4 is 10.2 Å². The summed E-state index contributed by atoms with van der Waals surface area (Å²) in [5, 5.41) is 4.92. The van der Waals surface area contributed by atoms with Crippen LogP contribution in [-0.4, -0.2) is 85.0 Å². The van der Waals surface area contributed by atoms with Gasteiger partial charge < -0.3 is 15.2 Å². The van der Waals surface area contributed by atoms with Gasteiger partial charge >= 0.3 is 0 Å². The topological polar surface area (TPSA) is 54.6 Å². The molecule has 1 aromatic heterocycles. The molecule has 0 atom stereocenters. The van der Waals surface area contributed by atoms with Crippen molar-refractivity contribution in [3.05, 3.63) is 54.1 Å². The molecule has 3 heterocycles. The van der Waals surface area contributed by atoms with E-state index in [0.29, 0.717) is 18.5 Å². The number of benzene rings is 2. The Morgan fingerprint density at radius 2 is 1.78 bits per heavy atom. The van der Waals surface area contributed by atoms with E-state index in [1.54, 1.807) is 0 Å². The summed E-state index contributed by atoms with van der Waals surface area (Å²) in [6.45, 7) is 15.7. The number of aromatic nitrogens is 1. The molecular weight excluding hydrogens is 458 g/mol. The van der Waals surface area contributed by atoms with Crippen molar-refractivity contribution in [1.82, 2.24) is 20.1 Å². The first kappa shape index (κ1) is 26.0. The molecule has 3 aromatic rings. The van der Waals surface area contributed by atoms with Gasteiger partial charge in [0, 0.05) is 98.7 Å². The van der Waals surface area contributed by atoms with Crippen LogP contribution in [0.15, 0.2) is 48.5 Å². The Morgan fingerprint density at radius 3 is 2.51 bits per heavy atom. The molecule has 2 fully saturated rings. The maximum atomic E-state index is 12.1. The van der Waals surface area contributed by atoms with E-state index in [4.69, 9.17) is 0 Å². The number of rotatable bonds is 9. The lowest BCUT2D eigenvalue weighted by atomic mass is 10.0. The fourth-order valence-corrected chi connectivity index (χ4v) is 5.81. The minimum absolute atomic E-state index is 0.189. The lowest BCUT2D eigenvalue weighted by Gasteiger charge is -2.37. The minimum Gasteiger partial charge on any atom is -0.371 e. The summed E-state index contributed by atoms with van der Waals surface area (Å²) in [5.74, 6) is 0.189. The highest BCUT2D eigenvalue weighted by atomic mass is 16.1. The van der Waals surface area contributed by atoms with Gasteiger partial charge in [-0.2, -0.15) is 0 Å². The van der Waals surface area contributed by atoms with E-state index >= 15 is 0 Å². The smallest absolute Gasteiger partial charge is 0.162 e. The van der Waals surface area contributed by atoms with Crippen molar-refractivity contribution in [3.63, 3.8) is 0 Å². The van der Waals surface area contributed by atoms with Crippen molar-refractivity contribution in [1.29, 1.82) is 0 Å². The fourth-order valence-electron chi connectivity index (χ4n) is 5.81. The second-order valence-corrected chi connectivity index (χ2v) is 11.0. The second-order valence-electron chi connectivity index (χ2n) is 11.0. The van der Waals surface area contributed by atoms with Crippen LogP contribution in [0, 0.1) is 0 Å². The average molecular weight is 502 g/mol. The average Bonchev–Trinajstić information content (AvgIpc) is 3.37. The van der Waals surface area contributed by atoms with Gasteiger partial charge in [0.1, 0.15) is 0 Å². The monoisotopic (exact) mass is 501 g/mol. The van der Waals surface area contributed by atoms with Gasteiger partial charge in [0.05, 0.1) is 0 Å². The Balaban J connectivity index is 1.13. The summed E-state index contributed by atoms with van der Waals surface area (Å²) in [4.78, 5) is 23.4. The van der Waals surface area contributed by atoms with E-state index in [1.807, 2.05) is 25.1 Å². The van der Waals surface area contributed by atoms with E-state index in [2.05, 4.69) is 69.2 Å². The molecule has 37 heavy (non-hydrogen) atoms. The molecule has 0 saturated carbocycles. The molecule has 0 amide bonds. The maximum Gasteiger partial charge on any atom is 0.162 e. The summed E-state index contributed by atoms with van der Waals surface area (Å²) >= 11 is 0. The SMILES string of the molecule is CCC(=O)c1ccc2[nH]c(-c3cccc(N4CCC(NCCN5CCN(C(C)C)CC5)CC4)c3)cc2c1. The molecule has 0 radical (unpaired) electrons. The van der Waals surface area contributed by atoms with Crippen LogP contribution in [0.1, 0.15) is 50.4 Å². The Kier molecular flexibility index (Phi) is 8.28. The first-order valence-electron chi connectivity index (χ1n) is 14.2. The van der Waals surface area contributed by atoms with Crippen molar-refractivity contribution in [2.45, 2.75) is 52.1 Å². The number of piperidine rings is 1. The predicted molar refractivity (Wildman–Crippen MR) is 155 cm³/mol. The molecule has 2 saturated heterocycles. The van der Waals surface area contributed by atoms with Gasteiger partial charge in [-0.15, -0.1) is 0 Å². The lowest BCUT2D eigenvalue weighted by Crippen LogP contribution is -2.51. The van der Waals surface area contributed by atoms with Gasteiger partial charge in [0.2, 0.25) is 0 Å². The molecule has 0 aliphatic carbocycles. The van der Waals surface area contributed by atoms with Crippen molar-refractivity contribution >= 4 is 22.4 Å². The number of anilines is 1. The van der Waals surface area contributed by atoms with Crippen LogP contribution in [0.4, 0.5) is 5.69 Å². The van der Waals surface area contributed by atoms with Crippen LogP contribution in [0.3, 0.4) is 0 Å². The van der Waals surface area contributed by atoms with E-state index in [-0.39, 0.29) is 5.78 Å².